The summed E-state index contributed by atoms with van der Waals surface area (Å²) in [5.74, 6) is -1.39. The zero-order valence-corrected chi connectivity index (χ0v) is 15.9. The summed E-state index contributed by atoms with van der Waals surface area (Å²) in [5.41, 5.74) is 5.66. The summed E-state index contributed by atoms with van der Waals surface area (Å²) in [5, 5.41) is 2.88. The second-order valence-corrected chi connectivity index (χ2v) is 8.07. The minimum Gasteiger partial charge on any atom is -0.366 e. The molecule has 0 aliphatic carbocycles. The first-order chi connectivity index (χ1) is 12.1. The fraction of sp³-hybridized carbons (Fsp3) is 0.125. The summed E-state index contributed by atoms with van der Waals surface area (Å²) in [4.78, 5) is 23.8. The summed E-state index contributed by atoms with van der Waals surface area (Å²) < 4.78 is 25.1. The molecule has 10 heteroatoms. The fourth-order valence-corrected chi connectivity index (χ4v) is 3.62. The van der Waals surface area contributed by atoms with E-state index in [2.05, 4.69) is 5.32 Å². The highest BCUT2D eigenvalue weighted by Gasteiger charge is 2.23. The minimum absolute atomic E-state index is 0.0771. The predicted molar refractivity (Wildman–Crippen MR) is 102 cm³/mol. The summed E-state index contributed by atoms with van der Waals surface area (Å²) in [7, 11) is -3.81. The summed E-state index contributed by atoms with van der Waals surface area (Å²) in [6.07, 6.45) is 0.947. The van der Waals surface area contributed by atoms with Crippen molar-refractivity contribution >= 4 is 56.4 Å². The first-order valence-electron chi connectivity index (χ1n) is 7.21. The number of hydrogen-bond acceptors (Lipinski definition) is 4. The number of para-hydroxylation sites is 1. The Labute approximate surface area is 160 Å². The summed E-state index contributed by atoms with van der Waals surface area (Å²) in [6.45, 7) is -0.548. The Hall–Kier alpha value is -2.29. The highest BCUT2D eigenvalue weighted by Crippen LogP contribution is 2.30. The predicted octanol–water partition coefficient (Wildman–Crippen LogP) is 2.50. The maximum absolute atomic E-state index is 12.4. The second-order valence-electron chi connectivity index (χ2n) is 5.32. The van der Waals surface area contributed by atoms with E-state index in [-0.39, 0.29) is 22.0 Å². The molecular formula is C16H15Cl2N3O4S. The van der Waals surface area contributed by atoms with Crippen molar-refractivity contribution in [3.63, 3.8) is 0 Å². The van der Waals surface area contributed by atoms with E-state index in [0.717, 1.165) is 10.6 Å². The molecule has 2 rings (SSSR count). The Morgan fingerprint density at radius 1 is 1.15 bits per heavy atom. The molecule has 0 saturated heterocycles. The lowest BCUT2D eigenvalue weighted by atomic mass is 10.1. The zero-order chi connectivity index (χ0) is 19.5. The van der Waals surface area contributed by atoms with E-state index < -0.39 is 28.4 Å². The Morgan fingerprint density at radius 2 is 1.81 bits per heavy atom. The van der Waals surface area contributed by atoms with Gasteiger partial charge in [0.05, 0.1) is 28.2 Å². The lowest BCUT2D eigenvalue weighted by molar-refractivity contribution is -0.114. The van der Waals surface area contributed by atoms with Gasteiger partial charge in [-0.25, -0.2) is 8.42 Å². The topological polar surface area (TPSA) is 110 Å². The van der Waals surface area contributed by atoms with Crippen LogP contribution in [0.2, 0.25) is 10.0 Å². The Bertz CT molecular complexity index is 964. The molecule has 7 nitrogen and oxygen atoms in total. The quantitative estimate of drug-likeness (QED) is 0.754. The second kappa shape index (κ2) is 7.94. The highest BCUT2D eigenvalue weighted by atomic mass is 35.5. The lowest BCUT2D eigenvalue weighted by Crippen LogP contribution is -2.37. The molecule has 0 saturated carbocycles. The van der Waals surface area contributed by atoms with E-state index in [9.17, 15) is 18.0 Å². The highest BCUT2D eigenvalue weighted by molar-refractivity contribution is 7.92. The van der Waals surface area contributed by atoms with E-state index in [0.29, 0.717) is 5.02 Å². The van der Waals surface area contributed by atoms with Gasteiger partial charge in [0.2, 0.25) is 15.9 Å². The van der Waals surface area contributed by atoms with Gasteiger partial charge in [-0.05, 0) is 30.3 Å². The molecular weight excluding hydrogens is 401 g/mol. The fourth-order valence-electron chi connectivity index (χ4n) is 2.19. The first kappa shape index (κ1) is 20.0. The molecule has 26 heavy (non-hydrogen) atoms. The number of sulfonamides is 1. The molecule has 0 unspecified atom stereocenters. The SMILES string of the molecule is CS(=O)(=O)N(CC(=O)Nc1ccccc1C(N)=O)c1ccc(Cl)cc1Cl. The third-order valence-electron chi connectivity index (χ3n) is 3.33. The van der Waals surface area contributed by atoms with Crippen LogP contribution in [0.5, 0.6) is 0 Å². The number of carbonyl (C=O) groups excluding carboxylic acids is 2. The van der Waals surface area contributed by atoms with Crippen molar-refractivity contribution < 1.29 is 18.0 Å². The van der Waals surface area contributed by atoms with Crippen LogP contribution >= 0.6 is 23.2 Å². The largest absolute Gasteiger partial charge is 0.366 e. The number of rotatable bonds is 6. The molecule has 138 valence electrons. The minimum atomic E-state index is -3.81. The summed E-state index contributed by atoms with van der Waals surface area (Å²) in [6, 6.07) is 10.4. The van der Waals surface area contributed by atoms with E-state index in [1.807, 2.05) is 0 Å². The number of hydrogen-bond donors (Lipinski definition) is 2. The molecule has 0 aliphatic heterocycles. The normalized spacial score (nSPS) is 11.0. The van der Waals surface area contributed by atoms with Gasteiger partial charge >= 0.3 is 0 Å². The zero-order valence-electron chi connectivity index (χ0n) is 13.6. The van der Waals surface area contributed by atoms with Gasteiger partial charge in [-0.15, -0.1) is 0 Å². The summed E-state index contributed by atoms with van der Waals surface area (Å²) >= 11 is 11.9. The van der Waals surface area contributed by atoms with Crippen LogP contribution in [0.1, 0.15) is 10.4 Å². The molecule has 0 fully saturated rings. The monoisotopic (exact) mass is 415 g/mol. The van der Waals surface area contributed by atoms with Gasteiger partial charge < -0.3 is 11.1 Å². The molecule has 0 atom stereocenters. The maximum atomic E-state index is 12.4. The molecule has 0 aromatic heterocycles. The van der Waals surface area contributed by atoms with Gasteiger partial charge in [0.15, 0.2) is 0 Å². The van der Waals surface area contributed by atoms with Crippen LogP contribution in [0, 0.1) is 0 Å². The van der Waals surface area contributed by atoms with Crippen LogP contribution in [-0.2, 0) is 14.8 Å². The molecule has 3 N–H and O–H groups in total. The van der Waals surface area contributed by atoms with Gasteiger partial charge in [0.25, 0.3) is 5.91 Å². The molecule has 2 amide bonds. The van der Waals surface area contributed by atoms with Crippen molar-refractivity contribution in [1.82, 2.24) is 0 Å². The Morgan fingerprint density at radius 3 is 2.38 bits per heavy atom. The number of carbonyl (C=O) groups is 2. The van der Waals surface area contributed by atoms with Crippen molar-refractivity contribution in [3.8, 4) is 0 Å². The average molecular weight is 416 g/mol. The third-order valence-corrected chi connectivity index (χ3v) is 5.00. The number of nitrogens with one attached hydrogen (secondary N) is 1. The van der Waals surface area contributed by atoms with Gasteiger partial charge in [-0.2, -0.15) is 0 Å². The van der Waals surface area contributed by atoms with Crippen molar-refractivity contribution in [2.24, 2.45) is 5.73 Å². The first-order valence-corrected chi connectivity index (χ1v) is 9.81. The molecule has 0 heterocycles. The van der Waals surface area contributed by atoms with Crippen molar-refractivity contribution in [3.05, 3.63) is 58.1 Å². The van der Waals surface area contributed by atoms with Gasteiger partial charge in [0.1, 0.15) is 6.54 Å². The van der Waals surface area contributed by atoms with Crippen molar-refractivity contribution in [2.45, 2.75) is 0 Å². The van der Waals surface area contributed by atoms with E-state index in [4.69, 9.17) is 28.9 Å². The van der Waals surface area contributed by atoms with Gasteiger partial charge in [-0.1, -0.05) is 35.3 Å². The molecule has 0 aliphatic rings. The van der Waals surface area contributed by atoms with Gasteiger partial charge in [0, 0.05) is 5.02 Å². The molecule has 0 spiro atoms. The van der Waals surface area contributed by atoms with E-state index >= 15 is 0 Å². The average Bonchev–Trinajstić information content (AvgIpc) is 2.52. The van der Waals surface area contributed by atoms with E-state index in [1.165, 1.54) is 30.3 Å². The van der Waals surface area contributed by atoms with Crippen molar-refractivity contribution in [1.29, 1.82) is 0 Å². The van der Waals surface area contributed by atoms with Crippen LogP contribution in [0.15, 0.2) is 42.5 Å². The Balaban J connectivity index is 2.30. The van der Waals surface area contributed by atoms with E-state index in [1.54, 1.807) is 12.1 Å². The van der Waals surface area contributed by atoms with Crippen LogP contribution < -0.4 is 15.4 Å². The maximum Gasteiger partial charge on any atom is 0.250 e. The molecule has 2 aromatic rings. The molecule has 0 bridgehead atoms. The van der Waals surface area contributed by atoms with Gasteiger partial charge in [-0.3, -0.25) is 13.9 Å². The number of amides is 2. The lowest BCUT2D eigenvalue weighted by Gasteiger charge is -2.23. The molecule has 2 aromatic carbocycles. The number of anilines is 2. The number of benzene rings is 2. The number of primary amides is 1. The number of halogens is 2. The Kier molecular flexibility index (Phi) is 6.12. The van der Waals surface area contributed by atoms with Crippen LogP contribution in [0.25, 0.3) is 0 Å². The van der Waals surface area contributed by atoms with Crippen LogP contribution in [0.4, 0.5) is 11.4 Å². The molecule has 0 radical (unpaired) electrons. The number of nitrogens with zero attached hydrogens (tertiary/aromatic N) is 1. The third kappa shape index (κ3) is 4.87. The van der Waals surface area contributed by atoms with Crippen LogP contribution in [-0.4, -0.2) is 33.0 Å². The standard InChI is InChI=1S/C16H15Cl2N3O4S/c1-26(24,25)21(14-7-6-10(17)8-12(14)18)9-15(22)20-13-5-3-2-4-11(13)16(19)23/h2-8H,9H2,1H3,(H2,19,23)(H,20,22). The van der Waals surface area contributed by atoms with Crippen molar-refractivity contribution in [2.75, 3.05) is 22.4 Å². The number of nitrogens with two attached hydrogens (primary N) is 1. The van der Waals surface area contributed by atoms with Crippen LogP contribution in [0.3, 0.4) is 0 Å². The smallest absolute Gasteiger partial charge is 0.250 e.